The van der Waals surface area contributed by atoms with Crippen molar-refractivity contribution in [2.24, 2.45) is 0 Å². The van der Waals surface area contributed by atoms with E-state index in [1.807, 2.05) is 12.1 Å². The minimum Gasteiger partial charge on any atom is -0.495 e. The predicted molar refractivity (Wildman–Crippen MR) is 104 cm³/mol. The zero-order chi connectivity index (χ0) is 19.2. The molecule has 1 aliphatic rings. The lowest BCUT2D eigenvalue weighted by Crippen LogP contribution is -2.30. The molecule has 2 aromatic rings. The van der Waals surface area contributed by atoms with E-state index in [1.165, 1.54) is 31.1 Å². The summed E-state index contributed by atoms with van der Waals surface area (Å²) in [5.41, 5.74) is 4.18. The molecule has 3 rings (SSSR count). The van der Waals surface area contributed by atoms with Crippen molar-refractivity contribution in [2.45, 2.75) is 45.1 Å². The number of fused-ring (bicyclic) bond motifs is 1. The summed E-state index contributed by atoms with van der Waals surface area (Å²) in [6.07, 6.45) is 3.88. The average Bonchev–Trinajstić information content (AvgIpc) is 2.68. The van der Waals surface area contributed by atoms with Gasteiger partial charge < -0.3 is 14.8 Å². The maximum Gasteiger partial charge on any atom is 0.311 e. The minimum atomic E-state index is -0.889. The molecule has 1 atom stereocenters. The van der Waals surface area contributed by atoms with Gasteiger partial charge in [-0.05, 0) is 61.4 Å². The fourth-order valence-electron chi connectivity index (χ4n) is 3.34. The molecule has 1 aliphatic carbocycles. The monoisotopic (exact) mass is 367 g/mol. The standard InChI is InChI=1S/C22H25NO4/c1-15(22(25)23-19-9-5-6-10-20(19)26-2)27-21(24)14-16-11-12-17-7-3-4-8-18(17)13-16/h5-6,9-13,15H,3-4,7-8,14H2,1-2H3,(H,23,25)/t15-/m0/s1. The molecule has 0 heterocycles. The van der Waals surface area contributed by atoms with Crippen LogP contribution in [0, 0.1) is 0 Å². The molecule has 0 unspecified atom stereocenters. The van der Waals surface area contributed by atoms with E-state index in [2.05, 4.69) is 17.4 Å². The van der Waals surface area contributed by atoms with E-state index < -0.39 is 18.0 Å². The van der Waals surface area contributed by atoms with Crippen LogP contribution >= 0.6 is 0 Å². The number of aryl methyl sites for hydroxylation is 2. The van der Waals surface area contributed by atoms with Gasteiger partial charge in [0.15, 0.2) is 6.10 Å². The molecule has 1 N–H and O–H groups in total. The topological polar surface area (TPSA) is 64.6 Å². The summed E-state index contributed by atoms with van der Waals surface area (Å²) in [6.45, 7) is 1.56. The first-order chi connectivity index (χ1) is 13.1. The molecular formula is C22H25NO4. The van der Waals surface area contributed by atoms with Crippen LogP contribution in [0.4, 0.5) is 5.69 Å². The molecule has 1 amide bonds. The van der Waals surface area contributed by atoms with Crippen molar-refractivity contribution in [3.8, 4) is 5.75 Å². The van der Waals surface area contributed by atoms with Gasteiger partial charge in [0.1, 0.15) is 5.75 Å². The Bertz CT molecular complexity index is 831. The van der Waals surface area contributed by atoms with E-state index in [4.69, 9.17) is 9.47 Å². The van der Waals surface area contributed by atoms with E-state index in [1.54, 1.807) is 25.1 Å². The average molecular weight is 367 g/mol. The maximum atomic E-state index is 12.3. The first kappa shape index (κ1) is 19.0. The van der Waals surface area contributed by atoms with E-state index in [0.717, 1.165) is 18.4 Å². The van der Waals surface area contributed by atoms with Crippen LogP contribution in [-0.2, 0) is 33.6 Å². The number of esters is 1. The van der Waals surface area contributed by atoms with Gasteiger partial charge >= 0.3 is 5.97 Å². The number of anilines is 1. The number of rotatable bonds is 6. The van der Waals surface area contributed by atoms with Crippen LogP contribution in [0.1, 0.15) is 36.5 Å². The Morgan fingerprint density at radius 2 is 1.81 bits per heavy atom. The fraction of sp³-hybridized carbons (Fsp3) is 0.364. The third-order valence-corrected chi connectivity index (χ3v) is 4.80. The van der Waals surface area contributed by atoms with Crippen LogP contribution in [-0.4, -0.2) is 25.1 Å². The van der Waals surface area contributed by atoms with Crippen molar-refractivity contribution in [3.05, 3.63) is 59.2 Å². The summed E-state index contributed by atoms with van der Waals surface area (Å²) in [6, 6.07) is 13.3. The Balaban J connectivity index is 1.56. The number of nitrogens with one attached hydrogen (secondary N) is 1. The van der Waals surface area contributed by atoms with E-state index in [0.29, 0.717) is 11.4 Å². The number of benzene rings is 2. The summed E-state index contributed by atoms with van der Waals surface area (Å²) in [5.74, 6) is -0.245. The van der Waals surface area contributed by atoms with Crippen molar-refractivity contribution in [1.82, 2.24) is 0 Å². The molecule has 5 heteroatoms. The van der Waals surface area contributed by atoms with Crippen LogP contribution in [0.5, 0.6) is 5.75 Å². The molecule has 27 heavy (non-hydrogen) atoms. The highest BCUT2D eigenvalue weighted by molar-refractivity contribution is 5.96. The van der Waals surface area contributed by atoms with Gasteiger partial charge in [-0.3, -0.25) is 9.59 Å². The zero-order valence-electron chi connectivity index (χ0n) is 15.8. The van der Waals surface area contributed by atoms with Crippen molar-refractivity contribution in [2.75, 3.05) is 12.4 Å². The summed E-state index contributed by atoms with van der Waals surface area (Å²) >= 11 is 0. The van der Waals surface area contributed by atoms with Crippen molar-refractivity contribution < 1.29 is 19.1 Å². The fourth-order valence-corrected chi connectivity index (χ4v) is 3.34. The molecule has 0 spiro atoms. The Labute approximate surface area is 159 Å². The maximum absolute atomic E-state index is 12.3. The summed E-state index contributed by atoms with van der Waals surface area (Å²) in [5, 5.41) is 2.73. The summed E-state index contributed by atoms with van der Waals surface area (Å²) < 4.78 is 10.5. The third kappa shape index (κ3) is 4.88. The largest absolute Gasteiger partial charge is 0.495 e. The SMILES string of the molecule is COc1ccccc1NC(=O)[C@H](C)OC(=O)Cc1ccc2c(c1)CCCC2. The molecular weight excluding hydrogens is 342 g/mol. The van der Waals surface area contributed by atoms with Gasteiger partial charge in [0.05, 0.1) is 19.2 Å². The van der Waals surface area contributed by atoms with Crippen LogP contribution < -0.4 is 10.1 Å². The first-order valence-corrected chi connectivity index (χ1v) is 9.31. The molecule has 0 bridgehead atoms. The van der Waals surface area contributed by atoms with Crippen molar-refractivity contribution in [1.29, 1.82) is 0 Å². The number of carbonyl (C=O) groups excluding carboxylic acids is 2. The number of methoxy groups -OCH3 is 1. The summed E-state index contributed by atoms with van der Waals surface area (Å²) in [4.78, 5) is 24.6. The second-order valence-corrected chi connectivity index (χ2v) is 6.81. The van der Waals surface area contributed by atoms with Crippen LogP contribution in [0.15, 0.2) is 42.5 Å². The quantitative estimate of drug-likeness (QED) is 0.791. The number of hydrogen-bond acceptors (Lipinski definition) is 4. The molecule has 2 aromatic carbocycles. The second kappa shape index (κ2) is 8.71. The summed E-state index contributed by atoms with van der Waals surface area (Å²) in [7, 11) is 1.53. The number of carbonyl (C=O) groups is 2. The molecule has 0 aliphatic heterocycles. The van der Waals surface area contributed by atoms with Gasteiger partial charge in [-0.15, -0.1) is 0 Å². The van der Waals surface area contributed by atoms with Gasteiger partial charge in [-0.25, -0.2) is 0 Å². The highest BCUT2D eigenvalue weighted by atomic mass is 16.5. The van der Waals surface area contributed by atoms with E-state index >= 15 is 0 Å². The van der Waals surface area contributed by atoms with Gasteiger partial charge in [0.2, 0.25) is 0 Å². The number of para-hydroxylation sites is 2. The zero-order valence-corrected chi connectivity index (χ0v) is 15.8. The van der Waals surface area contributed by atoms with Gasteiger partial charge in [0.25, 0.3) is 5.91 Å². The number of amides is 1. The first-order valence-electron chi connectivity index (χ1n) is 9.31. The second-order valence-electron chi connectivity index (χ2n) is 6.81. The smallest absolute Gasteiger partial charge is 0.311 e. The van der Waals surface area contributed by atoms with Gasteiger partial charge in [-0.2, -0.15) is 0 Å². The Kier molecular flexibility index (Phi) is 6.12. The van der Waals surface area contributed by atoms with Gasteiger partial charge in [-0.1, -0.05) is 30.3 Å². The molecule has 0 aromatic heterocycles. The molecule has 0 saturated carbocycles. The highest BCUT2D eigenvalue weighted by Gasteiger charge is 2.20. The van der Waals surface area contributed by atoms with Crippen LogP contribution in [0.2, 0.25) is 0 Å². The lowest BCUT2D eigenvalue weighted by atomic mass is 9.90. The molecule has 5 nitrogen and oxygen atoms in total. The molecule has 142 valence electrons. The minimum absolute atomic E-state index is 0.166. The van der Waals surface area contributed by atoms with E-state index in [-0.39, 0.29) is 6.42 Å². The Hall–Kier alpha value is -2.82. The van der Waals surface area contributed by atoms with E-state index in [9.17, 15) is 9.59 Å². The van der Waals surface area contributed by atoms with Gasteiger partial charge in [0, 0.05) is 0 Å². The van der Waals surface area contributed by atoms with Crippen molar-refractivity contribution in [3.63, 3.8) is 0 Å². The Morgan fingerprint density at radius 3 is 2.59 bits per heavy atom. The highest BCUT2D eigenvalue weighted by Crippen LogP contribution is 2.24. The number of hydrogen-bond donors (Lipinski definition) is 1. The van der Waals surface area contributed by atoms with Crippen molar-refractivity contribution >= 4 is 17.6 Å². The Morgan fingerprint density at radius 1 is 1.07 bits per heavy atom. The van der Waals surface area contributed by atoms with Crippen LogP contribution in [0.25, 0.3) is 0 Å². The lowest BCUT2D eigenvalue weighted by molar-refractivity contribution is -0.152. The lowest BCUT2D eigenvalue weighted by Gasteiger charge is -2.17. The predicted octanol–water partition coefficient (Wildman–Crippen LogP) is 3.69. The third-order valence-electron chi connectivity index (χ3n) is 4.80. The molecule has 0 fully saturated rings. The molecule has 0 radical (unpaired) electrons. The van der Waals surface area contributed by atoms with Crippen LogP contribution in [0.3, 0.4) is 0 Å². The molecule has 0 saturated heterocycles. The number of ether oxygens (including phenoxy) is 2. The normalized spacial score (nSPS) is 14.0.